The highest BCUT2D eigenvalue weighted by Gasteiger charge is 2.35. The molecular formula is C15H23NO5. The summed E-state index contributed by atoms with van der Waals surface area (Å²) in [6.45, 7) is 6.76. The van der Waals surface area contributed by atoms with Crippen molar-refractivity contribution in [2.45, 2.75) is 45.3 Å². The fraction of sp³-hybridized carbons (Fsp3) is 0.733. The average molecular weight is 297 g/mol. The van der Waals surface area contributed by atoms with E-state index in [2.05, 4.69) is 4.74 Å². The summed E-state index contributed by atoms with van der Waals surface area (Å²) in [5.74, 6) is -0.363. The molecule has 6 heteroatoms. The Balaban J connectivity index is 1.78. The van der Waals surface area contributed by atoms with Crippen LogP contribution in [0.15, 0.2) is 11.1 Å². The third kappa shape index (κ3) is 4.20. The molecule has 2 aliphatic rings. The topological polar surface area (TPSA) is 65.1 Å². The summed E-state index contributed by atoms with van der Waals surface area (Å²) in [6, 6.07) is 0. The Morgan fingerprint density at radius 1 is 1.19 bits per heavy atom. The Morgan fingerprint density at radius 3 is 2.24 bits per heavy atom. The molecule has 0 saturated carbocycles. The van der Waals surface area contributed by atoms with Crippen LogP contribution < -0.4 is 0 Å². The molecule has 0 N–H and O–H groups in total. The molecule has 0 spiro atoms. The number of hydrogen-bond donors (Lipinski definition) is 0. The van der Waals surface area contributed by atoms with Crippen molar-refractivity contribution in [2.24, 2.45) is 0 Å². The number of rotatable bonds is 3. The number of ether oxygens (including phenoxy) is 3. The standard InChI is InChI=1S/C15H23NO5/c1-15(2,3)21-14(18)16-7-10-5-12(6-11(10)8-16)20-9-13(17)19-4/h12H,5-9H2,1-4H3. The number of amides is 1. The van der Waals surface area contributed by atoms with Crippen LogP contribution in [-0.2, 0) is 19.0 Å². The first-order valence-corrected chi connectivity index (χ1v) is 7.14. The van der Waals surface area contributed by atoms with Gasteiger partial charge in [-0.15, -0.1) is 0 Å². The number of likely N-dealkylation sites (tertiary alicyclic amines) is 1. The van der Waals surface area contributed by atoms with Crippen LogP contribution in [0, 0.1) is 0 Å². The van der Waals surface area contributed by atoms with Gasteiger partial charge in [0.15, 0.2) is 0 Å². The molecule has 0 atom stereocenters. The van der Waals surface area contributed by atoms with Gasteiger partial charge < -0.3 is 19.1 Å². The van der Waals surface area contributed by atoms with E-state index in [1.807, 2.05) is 20.8 Å². The van der Waals surface area contributed by atoms with Gasteiger partial charge in [-0.05, 0) is 44.8 Å². The first-order chi connectivity index (χ1) is 9.78. The normalized spacial score (nSPS) is 19.0. The molecule has 0 unspecified atom stereocenters. The molecule has 0 aromatic heterocycles. The Kier molecular flexibility index (Phi) is 4.56. The van der Waals surface area contributed by atoms with E-state index in [0.29, 0.717) is 13.1 Å². The number of nitrogens with zero attached hydrogens (tertiary/aromatic N) is 1. The highest BCUT2D eigenvalue weighted by molar-refractivity contribution is 5.71. The molecule has 1 aliphatic carbocycles. The number of carbonyl (C=O) groups excluding carboxylic acids is 2. The minimum absolute atomic E-state index is 0.0164. The van der Waals surface area contributed by atoms with Crippen molar-refractivity contribution in [1.29, 1.82) is 0 Å². The van der Waals surface area contributed by atoms with Crippen LogP contribution in [0.5, 0.6) is 0 Å². The van der Waals surface area contributed by atoms with Gasteiger partial charge in [0.1, 0.15) is 12.2 Å². The third-order valence-corrected chi connectivity index (χ3v) is 3.53. The van der Waals surface area contributed by atoms with Crippen LogP contribution in [-0.4, -0.2) is 55.5 Å². The van der Waals surface area contributed by atoms with Gasteiger partial charge in [0.2, 0.25) is 0 Å². The van der Waals surface area contributed by atoms with Crippen LogP contribution in [0.3, 0.4) is 0 Å². The van der Waals surface area contributed by atoms with Gasteiger partial charge in [-0.1, -0.05) is 0 Å². The van der Waals surface area contributed by atoms with E-state index in [9.17, 15) is 9.59 Å². The van der Waals surface area contributed by atoms with E-state index in [1.165, 1.54) is 18.3 Å². The summed E-state index contributed by atoms with van der Waals surface area (Å²) in [7, 11) is 1.34. The molecule has 0 fully saturated rings. The maximum atomic E-state index is 12.0. The largest absolute Gasteiger partial charge is 0.467 e. The fourth-order valence-corrected chi connectivity index (χ4v) is 2.60. The van der Waals surface area contributed by atoms with E-state index in [0.717, 1.165) is 12.8 Å². The number of methoxy groups -OCH3 is 1. The predicted octanol–water partition coefficient (Wildman–Crippen LogP) is 1.89. The molecule has 0 bridgehead atoms. The summed E-state index contributed by atoms with van der Waals surface area (Å²) >= 11 is 0. The van der Waals surface area contributed by atoms with Gasteiger partial charge in [-0.3, -0.25) is 0 Å². The summed E-state index contributed by atoms with van der Waals surface area (Å²) in [6.07, 6.45) is 1.29. The lowest BCUT2D eigenvalue weighted by molar-refractivity contribution is -0.147. The fourth-order valence-electron chi connectivity index (χ4n) is 2.60. The minimum atomic E-state index is -0.476. The Morgan fingerprint density at radius 2 is 1.76 bits per heavy atom. The molecule has 0 radical (unpaired) electrons. The summed E-state index contributed by atoms with van der Waals surface area (Å²) in [5.41, 5.74) is 1.99. The molecule has 118 valence electrons. The third-order valence-electron chi connectivity index (χ3n) is 3.53. The van der Waals surface area contributed by atoms with Crippen LogP contribution in [0.1, 0.15) is 33.6 Å². The zero-order chi connectivity index (χ0) is 15.6. The van der Waals surface area contributed by atoms with Crippen molar-refractivity contribution in [3.05, 3.63) is 11.1 Å². The highest BCUT2D eigenvalue weighted by Crippen LogP contribution is 2.34. The summed E-state index contributed by atoms with van der Waals surface area (Å²) < 4.78 is 15.4. The molecule has 2 rings (SSSR count). The van der Waals surface area contributed by atoms with E-state index >= 15 is 0 Å². The SMILES string of the molecule is COC(=O)COC1CC2=C(C1)CN(C(=O)OC(C)(C)C)C2. The smallest absolute Gasteiger partial charge is 0.410 e. The first-order valence-electron chi connectivity index (χ1n) is 7.14. The van der Waals surface area contributed by atoms with E-state index in [4.69, 9.17) is 9.47 Å². The second-order valence-corrected chi connectivity index (χ2v) is 6.46. The van der Waals surface area contributed by atoms with Crippen molar-refractivity contribution >= 4 is 12.1 Å². The van der Waals surface area contributed by atoms with E-state index < -0.39 is 5.60 Å². The zero-order valence-electron chi connectivity index (χ0n) is 13.1. The number of carbonyl (C=O) groups is 2. The van der Waals surface area contributed by atoms with E-state index in [-0.39, 0.29) is 24.8 Å². The molecule has 6 nitrogen and oxygen atoms in total. The Bertz CT molecular complexity index is 445. The van der Waals surface area contributed by atoms with Crippen molar-refractivity contribution in [2.75, 3.05) is 26.8 Å². The van der Waals surface area contributed by atoms with Crippen molar-refractivity contribution in [3.63, 3.8) is 0 Å². The quantitative estimate of drug-likeness (QED) is 0.588. The minimum Gasteiger partial charge on any atom is -0.467 e. The van der Waals surface area contributed by atoms with Gasteiger partial charge in [0, 0.05) is 13.1 Å². The summed E-state index contributed by atoms with van der Waals surface area (Å²) in [4.78, 5) is 24.8. The second kappa shape index (κ2) is 6.05. The van der Waals surface area contributed by atoms with Crippen molar-refractivity contribution < 1.29 is 23.8 Å². The molecule has 1 heterocycles. The maximum Gasteiger partial charge on any atom is 0.410 e. The number of hydrogen-bond acceptors (Lipinski definition) is 5. The summed E-state index contributed by atoms with van der Waals surface area (Å²) in [5, 5.41) is 0. The van der Waals surface area contributed by atoms with Crippen LogP contribution in [0.2, 0.25) is 0 Å². The molecular weight excluding hydrogens is 274 g/mol. The lowest BCUT2D eigenvalue weighted by Gasteiger charge is -2.25. The van der Waals surface area contributed by atoms with Crippen LogP contribution >= 0.6 is 0 Å². The van der Waals surface area contributed by atoms with Crippen molar-refractivity contribution in [1.82, 2.24) is 4.90 Å². The Hall–Kier alpha value is -1.56. The lowest BCUT2D eigenvalue weighted by Crippen LogP contribution is -2.36. The lowest BCUT2D eigenvalue weighted by atomic mass is 10.2. The van der Waals surface area contributed by atoms with Gasteiger partial charge in [-0.25, -0.2) is 9.59 Å². The average Bonchev–Trinajstić information content (AvgIpc) is 2.91. The Labute approximate surface area is 125 Å². The number of esters is 1. The van der Waals surface area contributed by atoms with Crippen molar-refractivity contribution in [3.8, 4) is 0 Å². The second-order valence-electron chi connectivity index (χ2n) is 6.46. The van der Waals surface area contributed by atoms with Gasteiger partial charge in [0.05, 0.1) is 13.2 Å². The molecule has 21 heavy (non-hydrogen) atoms. The van der Waals surface area contributed by atoms with Gasteiger partial charge >= 0.3 is 12.1 Å². The monoisotopic (exact) mass is 297 g/mol. The van der Waals surface area contributed by atoms with Gasteiger partial charge in [0.25, 0.3) is 0 Å². The van der Waals surface area contributed by atoms with Crippen LogP contribution in [0.4, 0.5) is 4.79 Å². The van der Waals surface area contributed by atoms with Gasteiger partial charge in [-0.2, -0.15) is 0 Å². The van der Waals surface area contributed by atoms with E-state index in [1.54, 1.807) is 4.90 Å². The molecule has 1 amide bonds. The first kappa shape index (κ1) is 15.8. The molecule has 1 aliphatic heterocycles. The predicted molar refractivity (Wildman–Crippen MR) is 75.8 cm³/mol. The maximum absolute atomic E-state index is 12.0. The zero-order valence-corrected chi connectivity index (χ0v) is 13.1. The molecule has 0 aromatic rings. The molecule has 0 aromatic carbocycles. The molecule has 0 saturated heterocycles. The highest BCUT2D eigenvalue weighted by atomic mass is 16.6. The van der Waals surface area contributed by atoms with Crippen LogP contribution in [0.25, 0.3) is 0 Å².